The first-order valence-corrected chi connectivity index (χ1v) is 15.7. The summed E-state index contributed by atoms with van der Waals surface area (Å²) < 4.78 is 41.4. The van der Waals surface area contributed by atoms with Crippen LogP contribution in [-0.4, -0.2) is 18.7 Å². The quantitative estimate of drug-likeness (QED) is 0.144. The van der Waals surface area contributed by atoms with E-state index in [0.717, 1.165) is 39.3 Å². The average Bonchev–Trinajstić information content (AvgIpc) is 2.96. The van der Waals surface area contributed by atoms with Crippen molar-refractivity contribution in [1.29, 1.82) is 0 Å². The van der Waals surface area contributed by atoms with Gasteiger partial charge < -0.3 is 10.1 Å². The molecular formula is C37H38N2O4S. The van der Waals surface area contributed by atoms with Crippen molar-refractivity contribution in [1.82, 2.24) is 0 Å². The normalized spacial score (nSPS) is 16.2. The van der Waals surface area contributed by atoms with Crippen LogP contribution >= 0.6 is 0 Å². The van der Waals surface area contributed by atoms with Gasteiger partial charge in [0.1, 0.15) is 16.4 Å². The van der Waals surface area contributed by atoms with E-state index in [0.29, 0.717) is 33.9 Å². The van der Waals surface area contributed by atoms with Crippen LogP contribution in [0.5, 0.6) is 0 Å². The first-order chi connectivity index (χ1) is 20.9. The Hall–Kier alpha value is -4.72. The van der Waals surface area contributed by atoms with E-state index in [4.69, 9.17) is 9.73 Å². The van der Waals surface area contributed by atoms with Gasteiger partial charge in [0.15, 0.2) is 0 Å². The van der Waals surface area contributed by atoms with E-state index in [2.05, 4.69) is 18.5 Å². The minimum absolute atomic E-state index is 0.189. The second-order valence-corrected chi connectivity index (χ2v) is 12.1. The summed E-state index contributed by atoms with van der Waals surface area (Å²) in [7, 11) is -4.51. The molecule has 1 aliphatic rings. The van der Waals surface area contributed by atoms with E-state index in [1.165, 1.54) is 6.07 Å². The van der Waals surface area contributed by atoms with Gasteiger partial charge in [-0.2, -0.15) is 8.42 Å². The highest BCUT2D eigenvalue weighted by Crippen LogP contribution is 2.40. The molecule has 0 aromatic heterocycles. The van der Waals surface area contributed by atoms with Crippen LogP contribution in [0.4, 0.5) is 11.4 Å². The van der Waals surface area contributed by atoms with Crippen LogP contribution in [0.15, 0.2) is 137 Å². The lowest BCUT2D eigenvalue weighted by molar-refractivity contribution is 0.303. The second-order valence-electron chi connectivity index (χ2n) is 10.7. The molecule has 2 N–H and O–H groups in total. The van der Waals surface area contributed by atoms with Gasteiger partial charge in [0.05, 0.1) is 5.69 Å². The predicted octanol–water partition coefficient (Wildman–Crippen LogP) is 9.27. The fourth-order valence-corrected chi connectivity index (χ4v) is 5.93. The van der Waals surface area contributed by atoms with Crippen LogP contribution in [-0.2, 0) is 14.9 Å². The number of para-hydroxylation sites is 2. The molecule has 0 radical (unpaired) electrons. The Morgan fingerprint density at radius 2 is 1.52 bits per heavy atom. The number of aryl methyl sites for hydroxylation is 4. The Balaban J connectivity index is 1.91. The number of hydrogen-bond acceptors (Lipinski definition) is 5. The summed E-state index contributed by atoms with van der Waals surface area (Å²) in [5.74, 6) is 1.00. The fourth-order valence-electron chi connectivity index (χ4n) is 5.21. The van der Waals surface area contributed by atoms with E-state index in [1.807, 2.05) is 89.2 Å². The molecule has 0 bridgehead atoms. The van der Waals surface area contributed by atoms with E-state index in [9.17, 15) is 13.0 Å². The standard InChI is InChI=1S/C37H38N2O4S/c1-8-14-29(39-37-26(5)17-13-18-27(37)6)22-30-23-33(32-19-10-11-20-35(32)44(40,41)42)31(9-2)34(43-30)21-28(7)38-36-24(3)15-12-16-25(36)4/h8-22,39H,1-2,23H2,3-7H3,(H,40,41,42)/b29-14+,30-22+,34-21+,38-28?. The van der Waals surface area contributed by atoms with Crippen molar-refractivity contribution in [2.45, 2.75) is 45.9 Å². The molecule has 6 nitrogen and oxygen atoms in total. The summed E-state index contributed by atoms with van der Waals surface area (Å²) in [6.07, 6.45) is 9.10. The smallest absolute Gasteiger partial charge is 0.295 e. The number of benzene rings is 3. The van der Waals surface area contributed by atoms with Crippen molar-refractivity contribution in [3.05, 3.63) is 155 Å². The molecule has 1 aliphatic heterocycles. The van der Waals surface area contributed by atoms with E-state index >= 15 is 0 Å². The number of hydrogen-bond donors (Lipinski definition) is 2. The van der Waals surface area contributed by atoms with Crippen LogP contribution in [0, 0.1) is 27.7 Å². The van der Waals surface area contributed by atoms with Crippen LogP contribution < -0.4 is 5.32 Å². The summed E-state index contributed by atoms with van der Waals surface area (Å²) >= 11 is 0. The monoisotopic (exact) mass is 606 g/mol. The molecule has 0 saturated carbocycles. The van der Waals surface area contributed by atoms with Crippen molar-refractivity contribution < 1.29 is 17.7 Å². The van der Waals surface area contributed by atoms with Gasteiger partial charge in [-0.25, -0.2) is 0 Å². The molecule has 3 aromatic carbocycles. The lowest BCUT2D eigenvalue weighted by Crippen LogP contribution is -2.12. The first-order valence-electron chi connectivity index (χ1n) is 14.2. The maximum absolute atomic E-state index is 12.4. The van der Waals surface area contributed by atoms with Crippen LogP contribution in [0.25, 0.3) is 5.57 Å². The predicted molar refractivity (Wildman–Crippen MR) is 182 cm³/mol. The SMILES string of the molecule is C=C/C=C(\C=C1/CC(c2ccccc2S(=O)(=O)O)=C(C=C)/C(=C\C(C)=Nc2c(C)cccc2C)O1)Nc1c(C)cccc1C. The minimum atomic E-state index is -4.51. The zero-order valence-electron chi connectivity index (χ0n) is 25.8. The van der Waals surface area contributed by atoms with Gasteiger partial charge in [-0.1, -0.05) is 79.9 Å². The summed E-state index contributed by atoms with van der Waals surface area (Å²) in [6, 6.07) is 18.5. The molecule has 1 heterocycles. The molecule has 0 fully saturated rings. The van der Waals surface area contributed by atoms with Crippen molar-refractivity contribution in [3.8, 4) is 0 Å². The third-order valence-corrected chi connectivity index (χ3v) is 8.22. The zero-order valence-corrected chi connectivity index (χ0v) is 26.6. The molecule has 0 amide bonds. The van der Waals surface area contributed by atoms with Gasteiger partial charge in [0.25, 0.3) is 10.1 Å². The highest BCUT2D eigenvalue weighted by atomic mass is 32.2. The number of nitrogens with zero attached hydrogens (tertiary/aromatic N) is 1. The van der Waals surface area contributed by atoms with Crippen LogP contribution in [0.3, 0.4) is 0 Å². The summed E-state index contributed by atoms with van der Waals surface area (Å²) in [5, 5.41) is 3.50. The van der Waals surface area contributed by atoms with Crippen LogP contribution in [0.2, 0.25) is 0 Å². The average molecular weight is 607 g/mol. The largest absolute Gasteiger partial charge is 0.461 e. The van der Waals surface area contributed by atoms with E-state index in [-0.39, 0.29) is 11.3 Å². The van der Waals surface area contributed by atoms with Gasteiger partial charge in [-0.3, -0.25) is 9.55 Å². The van der Waals surface area contributed by atoms with Crippen molar-refractivity contribution in [2.24, 2.45) is 4.99 Å². The number of allylic oxidation sites excluding steroid dienone is 6. The third-order valence-electron chi connectivity index (χ3n) is 7.31. The minimum Gasteiger partial charge on any atom is -0.461 e. The van der Waals surface area contributed by atoms with E-state index < -0.39 is 10.1 Å². The molecule has 3 aromatic rings. The Kier molecular flexibility index (Phi) is 10.0. The third kappa shape index (κ3) is 7.43. The number of nitrogens with one attached hydrogen (secondary N) is 1. The summed E-state index contributed by atoms with van der Waals surface area (Å²) in [5.41, 5.74) is 9.15. The van der Waals surface area contributed by atoms with Crippen molar-refractivity contribution in [3.63, 3.8) is 0 Å². The molecule has 0 spiro atoms. The van der Waals surface area contributed by atoms with E-state index in [1.54, 1.807) is 30.4 Å². The Labute approximate surface area is 261 Å². The number of rotatable bonds is 9. The molecule has 0 unspecified atom stereocenters. The maximum atomic E-state index is 12.4. The Morgan fingerprint density at radius 3 is 2.11 bits per heavy atom. The van der Waals surface area contributed by atoms with Crippen molar-refractivity contribution in [2.75, 3.05) is 5.32 Å². The van der Waals surface area contributed by atoms with Gasteiger partial charge in [0.2, 0.25) is 0 Å². The lowest BCUT2D eigenvalue weighted by Gasteiger charge is -2.26. The van der Waals surface area contributed by atoms with Gasteiger partial charge >= 0.3 is 0 Å². The zero-order chi connectivity index (χ0) is 32.0. The lowest BCUT2D eigenvalue weighted by atomic mass is 9.92. The molecule has 44 heavy (non-hydrogen) atoms. The number of aliphatic imine (C=N–C) groups is 1. The molecule has 7 heteroatoms. The first kappa shape index (κ1) is 32.2. The Bertz CT molecular complexity index is 1850. The molecular weight excluding hydrogens is 568 g/mol. The molecule has 0 saturated heterocycles. The fraction of sp³-hybridized carbons (Fsp3) is 0.162. The topological polar surface area (TPSA) is 88.0 Å². The second kappa shape index (κ2) is 13.7. The Morgan fingerprint density at radius 1 is 0.909 bits per heavy atom. The summed E-state index contributed by atoms with van der Waals surface area (Å²) in [4.78, 5) is 4.69. The highest BCUT2D eigenvalue weighted by molar-refractivity contribution is 7.86. The number of anilines is 1. The van der Waals surface area contributed by atoms with Crippen LogP contribution in [0.1, 0.15) is 41.2 Å². The highest BCUT2D eigenvalue weighted by Gasteiger charge is 2.27. The summed E-state index contributed by atoms with van der Waals surface area (Å²) in [6.45, 7) is 17.9. The number of ether oxygens (including phenoxy) is 1. The maximum Gasteiger partial charge on any atom is 0.295 e. The molecule has 226 valence electrons. The molecule has 0 aliphatic carbocycles. The molecule has 0 atom stereocenters. The van der Waals surface area contributed by atoms with Crippen molar-refractivity contribution >= 4 is 32.8 Å². The van der Waals surface area contributed by atoms with Gasteiger partial charge in [-0.05, 0) is 80.2 Å². The van der Waals surface area contributed by atoms with Gasteiger partial charge in [0, 0.05) is 41.2 Å². The molecule has 4 rings (SSSR count). The van der Waals surface area contributed by atoms with Gasteiger partial charge in [-0.15, -0.1) is 0 Å².